The van der Waals surface area contributed by atoms with E-state index in [0.29, 0.717) is 13.1 Å². The molecule has 28 heavy (non-hydrogen) atoms. The Morgan fingerprint density at radius 1 is 1.25 bits per heavy atom. The maximum Gasteiger partial charge on any atom is 0.227 e. The van der Waals surface area contributed by atoms with Gasteiger partial charge < -0.3 is 10.2 Å². The third-order valence-corrected chi connectivity index (χ3v) is 5.18. The zero-order valence-corrected chi connectivity index (χ0v) is 16.5. The van der Waals surface area contributed by atoms with Crippen molar-refractivity contribution in [1.82, 2.24) is 19.9 Å². The van der Waals surface area contributed by atoms with Crippen LogP contribution in [0, 0.1) is 5.92 Å². The van der Waals surface area contributed by atoms with Gasteiger partial charge in [0.1, 0.15) is 12.1 Å². The van der Waals surface area contributed by atoms with E-state index in [1.165, 1.54) is 0 Å². The maximum atomic E-state index is 12.7. The van der Waals surface area contributed by atoms with Gasteiger partial charge in [0.15, 0.2) is 0 Å². The van der Waals surface area contributed by atoms with Crippen molar-refractivity contribution in [2.24, 2.45) is 5.92 Å². The summed E-state index contributed by atoms with van der Waals surface area (Å²) >= 11 is 3.42. The van der Waals surface area contributed by atoms with Gasteiger partial charge in [-0.15, -0.1) is 0 Å². The van der Waals surface area contributed by atoms with Crippen LogP contribution in [0.1, 0.15) is 12.0 Å². The standard InChI is InChI=1S/C20H18BrN5O2/c21-16-4-1-5-17(10-16)26-12-15(9-18(26)27)20(28)24-11-14-3-2-6-23-19(14)25-8-7-22-13-25/h1-8,10,13,15H,9,11-12H2,(H,24,28). The first-order valence-electron chi connectivity index (χ1n) is 8.87. The Kier molecular flexibility index (Phi) is 5.21. The molecule has 1 fully saturated rings. The van der Waals surface area contributed by atoms with Gasteiger partial charge in [-0.05, 0) is 24.3 Å². The minimum absolute atomic E-state index is 0.0428. The van der Waals surface area contributed by atoms with E-state index in [9.17, 15) is 9.59 Å². The molecule has 0 spiro atoms. The summed E-state index contributed by atoms with van der Waals surface area (Å²) in [6.45, 7) is 0.713. The highest BCUT2D eigenvalue weighted by atomic mass is 79.9. The van der Waals surface area contributed by atoms with Gasteiger partial charge in [-0.25, -0.2) is 9.97 Å². The van der Waals surface area contributed by atoms with Crippen molar-refractivity contribution in [2.75, 3.05) is 11.4 Å². The normalized spacial score (nSPS) is 16.4. The Balaban J connectivity index is 1.42. The van der Waals surface area contributed by atoms with Crippen molar-refractivity contribution in [3.8, 4) is 5.82 Å². The molecular formula is C20H18BrN5O2. The number of benzene rings is 1. The van der Waals surface area contributed by atoms with E-state index in [1.54, 1.807) is 34.4 Å². The zero-order valence-electron chi connectivity index (χ0n) is 15.0. The summed E-state index contributed by atoms with van der Waals surface area (Å²) in [6, 6.07) is 11.3. The number of hydrogen-bond acceptors (Lipinski definition) is 4. The number of carbonyl (C=O) groups excluding carboxylic acids is 2. The smallest absolute Gasteiger partial charge is 0.227 e. The van der Waals surface area contributed by atoms with E-state index >= 15 is 0 Å². The van der Waals surface area contributed by atoms with Gasteiger partial charge in [-0.2, -0.15) is 0 Å². The molecule has 1 saturated heterocycles. The number of nitrogens with one attached hydrogen (secondary N) is 1. The predicted octanol–water partition coefficient (Wildman–Crippen LogP) is 2.70. The lowest BCUT2D eigenvalue weighted by molar-refractivity contribution is -0.126. The van der Waals surface area contributed by atoms with Crippen LogP contribution in [0.3, 0.4) is 0 Å². The molecular weight excluding hydrogens is 422 g/mol. The first-order chi connectivity index (χ1) is 13.6. The number of hydrogen-bond donors (Lipinski definition) is 1. The second-order valence-corrected chi connectivity index (χ2v) is 7.47. The van der Waals surface area contributed by atoms with Crippen molar-refractivity contribution in [1.29, 1.82) is 0 Å². The molecule has 1 atom stereocenters. The summed E-state index contributed by atoms with van der Waals surface area (Å²) < 4.78 is 2.70. The molecule has 142 valence electrons. The van der Waals surface area contributed by atoms with Crippen LogP contribution in [-0.2, 0) is 16.1 Å². The van der Waals surface area contributed by atoms with Crippen molar-refractivity contribution < 1.29 is 9.59 Å². The van der Waals surface area contributed by atoms with E-state index in [0.717, 1.165) is 21.5 Å². The van der Waals surface area contributed by atoms with Crippen LogP contribution in [0.15, 0.2) is 65.8 Å². The molecule has 0 saturated carbocycles. The number of nitrogens with zero attached hydrogens (tertiary/aromatic N) is 4. The molecule has 1 N–H and O–H groups in total. The molecule has 2 amide bonds. The number of pyridine rings is 1. The highest BCUT2D eigenvalue weighted by Crippen LogP contribution is 2.27. The first-order valence-corrected chi connectivity index (χ1v) is 9.67. The molecule has 8 heteroatoms. The zero-order chi connectivity index (χ0) is 19.5. The van der Waals surface area contributed by atoms with Crippen molar-refractivity contribution >= 4 is 33.4 Å². The number of amides is 2. The highest BCUT2D eigenvalue weighted by molar-refractivity contribution is 9.10. The summed E-state index contributed by atoms with van der Waals surface area (Å²) in [6.07, 6.45) is 7.06. The van der Waals surface area contributed by atoms with Gasteiger partial charge in [0.25, 0.3) is 0 Å². The molecule has 7 nitrogen and oxygen atoms in total. The lowest BCUT2D eigenvalue weighted by atomic mass is 10.1. The van der Waals surface area contributed by atoms with Crippen molar-refractivity contribution in [2.45, 2.75) is 13.0 Å². The topological polar surface area (TPSA) is 80.1 Å². The lowest BCUT2D eigenvalue weighted by Crippen LogP contribution is -2.32. The lowest BCUT2D eigenvalue weighted by Gasteiger charge is -2.17. The van der Waals surface area contributed by atoms with E-state index in [2.05, 4.69) is 31.2 Å². The molecule has 1 aliphatic rings. The van der Waals surface area contributed by atoms with Crippen LogP contribution in [-0.4, -0.2) is 32.9 Å². The number of aromatic nitrogens is 3. The van der Waals surface area contributed by atoms with E-state index in [1.807, 2.05) is 36.4 Å². The summed E-state index contributed by atoms with van der Waals surface area (Å²) in [4.78, 5) is 35.1. The Morgan fingerprint density at radius 2 is 2.14 bits per heavy atom. The molecule has 2 aromatic heterocycles. The number of rotatable bonds is 5. The largest absolute Gasteiger partial charge is 0.352 e. The SMILES string of the molecule is O=C(NCc1cccnc1-n1ccnc1)C1CC(=O)N(c2cccc(Br)c2)C1. The second kappa shape index (κ2) is 7.93. The minimum Gasteiger partial charge on any atom is -0.352 e. The monoisotopic (exact) mass is 439 g/mol. The molecule has 1 unspecified atom stereocenters. The van der Waals surface area contributed by atoms with Gasteiger partial charge in [0, 0.05) is 53.8 Å². The Labute approximate surface area is 170 Å². The number of halogens is 1. The van der Waals surface area contributed by atoms with Gasteiger partial charge >= 0.3 is 0 Å². The Morgan fingerprint density at radius 3 is 2.93 bits per heavy atom. The van der Waals surface area contributed by atoms with Crippen LogP contribution >= 0.6 is 15.9 Å². The third kappa shape index (κ3) is 3.82. The highest BCUT2D eigenvalue weighted by Gasteiger charge is 2.35. The van der Waals surface area contributed by atoms with Crippen LogP contribution < -0.4 is 10.2 Å². The first kappa shape index (κ1) is 18.4. The number of imidazole rings is 1. The maximum absolute atomic E-state index is 12.7. The molecule has 0 bridgehead atoms. The van der Waals surface area contributed by atoms with Gasteiger partial charge in [0.05, 0.1) is 5.92 Å². The number of anilines is 1. The summed E-state index contributed by atoms with van der Waals surface area (Å²) in [5, 5.41) is 2.95. The van der Waals surface area contributed by atoms with Crippen LogP contribution in [0.4, 0.5) is 5.69 Å². The molecule has 3 aromatic rings. The van der Waals surface area contributed by atoms with Crippen LogP contribution in [0.5, 0.6) is 0 Å². The summed E-state index contributed by atoms with van der Waals surface area (Å²) in [7, 11) is 0. The Bertz CT molecular complexity index is 1010. The average molecular weight is 440 g/mol. The predicted molar refractivity (Wildman–Crippen MR) is 108 cm³/mol. The van der Waals surface area contributed by atoms with Gasteiger partial charge in [-0.3, -0.25) is 14.2 Å². The van der Waals surface area contributed by atoms with E-state index < -0.39 is 0 Å². The van der Waals surface area contributed by atoms with Crippen molar-refractivity contribution in [3.05, 3.63) is 71.4 Å². The van der Waals surface area contributed by atoms with Gasteiger partial charge in [-0.1, -0.05) is 28.1 Å². The third-order valence-electron chi connectivity index (χ3n) is 4.69. The van der Waals surface area contributed by atoms with E-state index in [-0.39, 0.29) is 24.2 Å². The fraction of sp³-hybridized carbons (Fsp3) is 0.200. The molecule has 1 aliphatic heterocycles. The molecule has 3 heterocycles. The van der Waals surface area contributed by atoms with E-state index in [4.69, 9.17) is 0 Å². The van der Waals surface area contributed by atoms with Crippen molar-refractivity contribution in [3.63, 3.8) is 0 Å². The fourth-order valence-electron chi connectivity index (χ4n) is 3.29. The molecule has 0 aliphatic carbocycles. The quantitative estimate of drug-likeness (QED) is 0.662. The summed E-state index contributed by atoms with van der Waals surface area (Å²) in [5.41, 5.74) is 1.67. The minimum atomic E-state index is -0.375. The molecule has 0 radical (unpaired) electrons. The molecule has 4 rings (SSSR count). The Hall–Kier alpha value is -3.00. The number of carbonyl (C=O) groups is 2. The fourth-order valence-corrected chi connectivity index (χ4v) is 3.68. The average Bonchev–Trinajstić information content (AvgIpc) is 3.36. The second-order valence-electron chi connectivity index (χ2n) is 6.56. The summed E-state index contributed by atoms with van der Waals surface area (Å²) in [5.74, 6) is 0.170. The molecule has 1 aromatic carbocycles. The van der Waals surface area contributed by atoms with Crippen LogP contribution in [0.2, 0.25) is 0 Å². The van der Waals surface area contributed by atoms with Gasteiger partial charge in [0.2, 0.25) is 11.8 Å². The van der Waals surface area contributed by atoms with Crippen LogP contribution in [0.25, 0.3) is 5.82 Å².